The van der Waals surface area contributed by atoms with Crippen molar-refractivity contribution in [3.8, 4) is 5.75 Å². The Bertz CT molecular complexity index is 725. The van der Waals surface area contributed by atoms with Crippen LogP contribution in [0, 0.1) is 0 Å². The van der Waals surface area contributed by atoms with E-state index < -0.39 is 0 Å². The number of nitrogens with zero attached hydrogens (tertiary/aromatic N) is 3. The smallest absolute Gasteiger partial charge is 0.234 e. The van der Waals surface area contributed by atoms with Crippen LogP contribution in [0.3, 0.4) is 0 Å². The minimum absolute atomic E-state index is 0.0223. The topological polar surface area (TPSA) is 77.7 Å². The van der Waals surface area contributed by atoms with Gasteiger partial charge in [-0.25, -0.2) is 0 Å². The Morgan fingerprint density at radius 3 is 2.88 bits per heavy atom. The molecule has 140 valence electrons. The van der Waals surface area contributed by atoms with Crippen molar-refractivity contribution in [1.29, 1.82) is 0 Å². The number of para-hydroxylation sites is 2. The number of anilines is 1. The Labute approximate surface area is 153 Å². The molecule has 1 amide bonds. The van der Waals surface area contributed by atoms with E-state index in [1.165, 1.54) is 0 Å². The van der Waals surface area contributed by atoms with Crippen LogP contribution >= 0.6 is 0 Å². The van der Waals surface area contributed by atoms with Crippen molar-refractivity contribution >= 4 is 11.6 Å². The third-order valence-corrected chi connectivity index (χ3v) is 4.46. The summed E-state index contributed by atoms with van der Waals surface area (Å²) in [6.45, 7) is 3.15. The molecule has 1 aromatic carbocycles. The molecular weight excluding hydrogens is 334 g/mol. The summed E-state index contributed by atoms with van der Waals surface area (Å²) in [5.74, 6) is 1.48. The number of benzene rings is 1. The molecule has 1 aliphatic heterocycles. The van der Waals surface area contributed by atoms with Crippen molar-refractivity contribution in [2.45, 2.75) is 45.1 Å². The maximum atomic E-state index is 13.0. The number of rotatable bonds is 7. The zero-order valence-corrected chi connectivity index (χ0v) is 15.3. The molecule has 0 bridgehead atoms. The first-order valence-corrected chi connectivity index (χ1v) is 9.07. The minimum atomic E-state index is -0.105. The molecular formula is C19H25N3O4. The van der Waals surface area contributed by atoms with Gasteiger partial charge in [0.1, 0.15) is 5.75 Å². The lowest BCUT2D eigenvalue weighted by Gasteiger charge is -2.30. The van der Waals surface area contributed by atoms with E-state index in [1.54, 1.807) is 12.0 Å². The monoisotopic (exact) mass is 359 g/mol. The average molecular weight is 359 g/mol. The summed E-state index contributed by atoms with van der Waals surface area (Å²) in [6.07, 6.45) is 3.88. The maximum absolute atomic E-state index is 13.0. The molecule has 0 spiro atoms. The Morgan fingerprint density at radius 2 is 2.19 bits per heavy atom. The van der Waals surface area contributed by atoms with E-state index in [2.05, 4.69) is 10.1 Å². The SMILES string of the molecule is CCc1nc(CC(=O)N(CC2CCCCO2)c2ccccc2OC)no1. The summed E-state index contributed by atoms with van der Waals surface area (Å²) < 4.78 is 16.4. The Hall–Kier alpha value is -2.41. The molecule has 7 heteroatoms. The van der Waals surface area contributed by atoms with Crippen molar-refractivity contribution in [2.24, 2.45) is 0 Å². The zero-order valence-electron chi connectivity index (χ0n) is 15.3. The van der Waals surface area contributed by atoms with E-state index in [-0.39, 0.29) is 18.4 Å². The maximum Gasteiger partial charge on any atom is 0.234 e. The first-order chi connectivity index (χ1) is 12.7. The van der Waals surface area contributed by atoms with E-state index in [0.717, 1.165) is 31.6 Å². The van der Waals surface area contributed by atoms with Crippen molar-refractivity contribution in [2.75, 3.05) is 25.2 Å². The van der Waals surface area contributed by atoms with Crippen molar-refractivity contribution in [1.82, 2.24) is 10.1 Å². The number of carbonyl (C=O) groups excluding carboxylic acids is 1. The number of amides is 1. The molecule has 1 fully saturated rings. The van der Waals surface area contributed by atoms with Crippen LogP contribution < -0.4 is 9.64 Å². The van der Waals surface area contributed by atoms with Gasteiger partial charge in [-0.3, -0.25) is 4.79 Å². The number of aromatic nitrogens is 2. The minimum Gasteiger partial charge on any atom is -0.495 e. The molecule has 0 saturated carbocycles. The fourth-order valence-corrected chi connectivity index (χ4v) is 3.08. The molecule has 26 heavy (non-hydrogen) atoms. The molecule has 1 unspecified atom stereocenters. The van der Waals surface area contributed by atoms with E-state index in [1.807, 2.05) is 31.2 Å². The van der Waals surface area contributed by atoms with Gasteiger partial charge in [-0.1, -0.05) is 24.2 Å². The summed E-state index contributed by atoms with van der Waals surface area (Å²) in [5.41, 5.74) is 0.730. The van der Waals surface area contributed by atoms with Crippen LogP contribution in [0.25, 0.3) is 0 Å². The number of methoxy groups -OCH3 is 1. The fraction of sp³-hybridized carbons (Fsp3) is 0.526. The molecule has 2 heterocycles. The second-order valence-electron chi connectivity index (χ2n) is 6.30. The zero-order chi connectivity index (χ0) is 18.4. The summed E-state index contributed by atoms with van der Waals surface area (Å²) in [6, 6.07) is 7.51. The van der Waals surface area contributed by atoms with Crippen LogP contribution in [0.4, 0.5) is 5.69 Å². The van der Waals surface area contributed by atoms with Crippen LogP contribution in [0.2, 0.25) is 0 Å². The highest BCUT2D eigenvalue weighted by molar-refractivity contribution is 5.95. The highest BCUT2D eigenvalue weighted by Gasteiger charge is 2.26. The Balaban J connectivity index is 1.82. The predicted octanol–water partition coefficient (Wildman–Crippen LogP) is 2.79. The second kappa shape index (κ2) is 8.80. The average Bonchev–Trinajstić information content (AvgIpc) is 3.14. The number of carbonyl (C=O) groups is 1. The molecule has 0 N–H and O–H groups in total. The van der Waals surface area contributed by atoms with Gasteiger partial charge in [-0.05, 0) is 31.4 Å². The van der Waals surface area contributed by atoms with Crippen LogP contribution in [0.1, 0.15) is 37.9 Å². The Kier molecular flexibility index (Phi) is 6.22. The number of ether oxygens (including phenoxy) is 2. The van der Waals surface area contributed by atoms with Gasteiger partial charge in [0, 0.05) is 13.0 Å². The molecule has 0 radical (unpaired) electrons. The molecule has 7 nitrogen and oxygen atoms in total. The van der Waals surface area contributed by atoms with Crippen LogP contribution in [0.15, 0.2) is 28.8 Å². The standard InChI is InChI=1S/C19H25N3O4/c1-3-18-20-17(21-26-18)12-19(23)22(13-14-8-6-7-11-25-14)15-9-4-5-10-16(15)24-2/h4-5,9-10,14H,3,6-8,11-13H2,1-2H3. The molecule has 1 atom stereocenters. The van der Waals surface area contributed by atoms with Gasteiger partial charge in [0.15, 0.2) is 5.82 Å². The van der Waals surface area contributed by atoms with E-state index >= 15 is 0 Å². The van der Waals surface area contributed by atoms with Gasteiger partial charge in [0.2, 0.25) is 11.8 Å². The van der Waals surface area contributed by atoms with E-state index in [4.69, 9.17) is 14.0 Å². The lowest BCUT2D eigenvalue weighted by molar-refractivity contribution is -0.118. The van der Waals surface area contributed by atoms with Crippen LogP contribution in [0.5, 0.6) is 5.75 Å². The van der Waals surface area contributed by atoms with Gasteiger partial charge >= 0.3 is 0 Å². The summed E-state index contributed by atoms with van der Waals surface area (Å²) in [4.78, 5) is 19.0. The third-order valence-electron chi connectivity index (χ3n) is 4.46. The first kappa shape index (κ1) is 18.4. The number of aryl methyl sites for hydroxylation is 1. The van der Waals surface area contributed by atoms with Crippen LogP contribution in [-0.2, 0) is 22.4 Å². The van der Waals surface area contributed by atoms with Crippen molar-refractivity contribution in [3.05, 3.63) is 36.0 Å². The molecule has 1 saturated heterocycles. The molecule has 1 aliphatic rings. The summed E-state index contributed by atoms with van der Waals surface area (Å²) in [7, 11) is 1.60. The summed E-state index contributed by atoms with van der Waals surface area (Å²) in [5, 5.41) is 3.90. The van der Waals surface area contributed by atoms with E-state index in [0.29, 0.717) is 30.4 Å². The largest absolute Gasteiger partial charge is 0.495 e. The van der Waals surface area contributed by atoms with Crippen molar-refractivity contribution in [3.63, 3.8) is 0 Å². The third kappa shape index (κ3) is 4.40. The molecule has 1 aromatic heterocycles. The second-order valence-corrected chi connectivity index (χ2v) is 6.30. The molecule has 2 aromatic rings. The fourth-order valence-electron chi connectivity index (χ4n) is 3.08. The Morgan fingerprint density at radius 1 is 1.35 bits per heavy atom. The number of hydrogen-bond donors (Lipinski definition) is 0. The van der Waals surface area contributed by atoms with Gasteiger partial charge in [0.25, 0.3) is 0 Å². The predicted molar refractivity (Wildman–Crippen MR) is 96.3 cm³/mol. The highest BCUT2D eigenvalue weighted by atomic mass is 16.5. The van der Waals surface area contributed by atoms with Gasteiger partial charge in [-0.15, -0.1) is 0 Å². The molecule has 3 rings (SSSR count). The van der Waals surface area contributed by atoms with Gasteiger partial charge in [-0.2, -0.15) is 4.98 Å². The van der Waals surface area contributed by atoms with Gasteiger partial charge in [0.05, 0.1) is 31.9 Å². The molecule has 0 aliphatic carbocycles. The summed E-state index contributed by atoms with van der Waals surface area (Å²) >= 11 is 0. The lowest BCUT2D eigenvalue weighted by atomic mass is 10.1. The highest BCUT2D eigenvalue weighted by Crippen LogP contribution is 2.29. The van der Waals surface area contributed by atoms with Crippen molar-refractivity contribution < 1.29 is 18.8 Å². The quantitative estimate of drug-likeness (QED) is 0.756. The number of hydrogen-bond acceptors (Lipinski definition) is 6. The first-order valence-electron chi connectivity index (χ1n) is 9.07. The lowest BCUT2D eigenvalue weighted by Crippen LogP contribution is -2.41. The normalized spacial score (nSPS) is 17.1. The van der Waals surface area contributed by atoms with Crippen LogP contribution in [-0.4, -0.2) is 42.4 Å². The van der Waals surface area contributed by atoms with Gasteiger partial charge < -0.3 is 18.9 Å². The van der Waals surface area contributed by atoms with E-state index in [9.17, 15) is 4.79 Å².